The Bertz CT molecular complexity index is 752. The van der Waals surface area contributed by atoms with Gasteiger partial charge in [0.15, 0.2) is 0 Å². The van der Waals surface area contributed by atoms with Crippen LogP contribution in [0.25, 0.3) is 0 Å². The van der Waals surface area contributed by atoms with Crippen molar-refractivity contribution in [1.29, 1.82) is 0 Å². The van der Waals surface area contributed by atoms with Crippen molar-refractivity contribution >= 4 is 23.3 Å². The Morgan fingerprint density at radius 3 is 2.48 bits per heavy atom. The first-order valence-corrected chi connectivity index (χ1v) is 12.9. The number of carbonyl (C=O) groups excluding carboxylic acids is 2. The first-order chi connectivity index (χ1) is 15.0. The van der Waals surface area contributed by atoms with Crippen molar-refractivity contribution < 1.29 is 14.4 Å². The molecule has 1 aromatic heterocycles. The van der Waals surface area contributed by atoms with Crippen LogP contribution in [0.3, 0.4) is 0 Å². The average Bonchev–Trinajstić information content (AvgIpc) is 3.49. The topological polar surface area (TPSA) is 74.8 Å². The number of piperidine rings is 1. The van der Waals surface area contributed by atoms with Gasteiger partial charge < -0.3 is 15.1 Å². The van der Waals surface area contributed by atoms with Gasteiger partial charge in [-0.25, -0.2) is 9.78 Å². The monoisotopic (exact) mass is 448 g/mol. The van der Waals surface area contributed by atoms with E-state index in [0.717, 1.165) is 50.0 Å². The van der Waals surface area contributed by atoms with Gasteiger partial charge in [-0.2, -0.15) is 0 Å². The van der Waals surface area contributed by atoms with Crippen molar-refractivity contribution in [2.24, 2.45) is 0 Å². The summed E-state index contributed by atoms with van der Waals surface area (Å²) in [5.41, 5.74) is 0.629. The standard InChI is InChI=1S/C23H36N4O3S/c1-3-16(2)24-23(29)30-26-13-11-17(12-14-26)21-25-20(15-31-21)22(28)27(19-9-10-19)18-7-5-4-6-8-18/h15-19H,3-14H2,1-2H3,(H,24,29). The van der Waals surface area contributed by atoms with Crippen LogP contribution in [0.1, 0.15) is 99.5 Å². The van der Waals surface area contributed by atoms with Gasteiger partial charge in [0.25, 0.3) is 5.91 Å². The van der Waals surface area contributed by atoms with Crippen LogP contribution in [-0.4, -0.2) is 58.2 Å². The molecule has 0 radical (unpaired) electrons. The van der Waals surface area contributed by atoms with Gasteiger partial charge in [0.1, 0.15) is 5.69 Å². The molecule has 172 valence electrons. The third kappa shape index (κ3) is 5.77. The Hall–Kier alpha value is -1.67. The molecule has 0 spiro atoms. The molecule has 3 aliphatic rings. The minimum Gasteiger partial charge on any atom is -0.351 e. The van der Waals surface area contributed by atoms with E-state index in [1.807, 2.05) is 19.2 Å². The number of aromatic nitrogens is 1. The lowest BCUT2D eigenvalue weighted by Gasteiger charge is -2.34. The molecule has 1 atom stereocenters. The molecule has 0 aromatic carbocycles. The smallest absolute Gasteiger partial charge is 0.351 e. The fourth-order valence-corrected chi connectivity index (χ4v) is 5.65. The van der Waals surface area contributed by atoms with E-state index in [1.165, 1.54) is 19.3 Å². The highest BCUT2D eigenvalue weighted by Crippen LogP contribution is 2.36. The van der Waals surface area contributed by atoms with Crippen molar-refractivity contribution in [2.45, 2.75) is 102 Å². The van der Waals surface area contributed by atoms with E-state index in [1.54, 1.807) is 16.4 Å². The highest BCUT2D eigenvalue weighted by atomic mass is 32.1. The average molecular weight is 449 g/mol. The molecule has 2 amide bonds. The number of thiazole rings is 1. The SMILES string of the molecule is CCC(C)NC(=O)ON1CCC(c2nc(C(=O)N(C3CCCCC3)C3CC3)cs2)CC1. The molecular weight excluding hydrogens is 412 g/mol. The van der Waals surface area contributed by atoms with Crippen LogP contribution in [0.2, 0.25) is 0 Å². The quantitative estimate of drug-likeness (QED) is 0.654. The van der Waals surface area contributed by atoms with Crippen LogP contribution < -0.4 is 5.32 Å². The number of hydroxylamine groups is 2. The van der Waals surface area contributed by atoms with Gasteiger partial charge in [-0.15, -0.1) is 16.4 Å². The van der Waals surface area contributed by atoms with Gasteiger partial charge in [-0.3, -0.25) is 4.79 Å². The Kier molecular flexibility index (Phi) is 7.48. The molecule has 3 fully saturated rings. The molecule has 1 aromatic rings. The van der Waals surface area contributed by atoms with E-state index in [2.05, 4.69) is 10.2 Å². The molecule has 8 heteroatoms. The summed E-state index contributed by atoms with van der Waals surface area (Å²) < 4.78 is 0. The highest BCUT2D eigenvalue weighted by molar-refractivity contribution is 7.09. The number of carbonyl (C=O) groups is 2. The number of hydrogen-bond acceptors (Lipinski definition) is 6. The fraction of sp³-hybridized carbons (Fsp3) is 0.783. The van der Waals surface area contributed by atoms with E-state index in [9.17, 15) is 9.59 Å². The number of rotatable bonds is 7. The summed E-state index contributed by atoms with van der Waals surface area (Å²) in [6.07, 6.45) is 10.6. The van der Waals surface area contributed by atoms with E-state index in [4.69, 9.17) is 9.82 Å². The fourth-order valence-electron chi connectivity index (χ4n) is 4.69. The Morgan fingerprint density at radius 1 is 1.16 bits per heavy atom. The molecule has 2 heterocycles. The zero-order chi connectivity index (χ0) is 21.8. The Labute approximate surface area is 189 Å². The van der Waals surface area contributed by atoms with Crippen molar-refractivity contribution in [1.82, 2.24) is 20.3 Å². The third-order valence-electron chi connectivity index (χ3n) is 6.88. The maximum absolute atomic E-state index is 13.3. The molecular formula is C23H36N4O3S. The van der Waals surface area contributed by atoms with E-state index >= 15 is 0 Å². The predicted molar refractivity (Wildman–Crippen MR) is 121 cm³/mol. The first kappa shape index (κ1) is 22.5. The largest absolute Gasteiger partial charge is 0.426 e. The normalized spacial score (nSPS) is 22.1. The van der Waals surface area contributed by atoms with Gasteiger partial charge in [0.05, 0.1) is 5.01 Å². The second-order valence-corrected chi connectivity index (χ2v) is 10.2. The van der Waals surface area contributed by atoms with Crippen LogP contribution in [0.4, 0.5) is 4.79 Å². The second-order valence-electron chi connectivity index (χ2n) is 9.34. The number of hydrogen-bond donors (Lipinski definition) is 1. The molecule has 2 aliphatic carbocycles. The summed E-state index contributed by atoms with van der Waals surface area (Å²) in [6.45, 7) is 5.38. The van der Waals surface area contributed by atoms with E-state index in [-0.39, 0.29) is 18.0 Å². The zero-order valence-corrected chi connectivity index (χ0v) is 19.7. The van der Waals surface area contributed by atoms with Crippen molar-refractivity contribution in [3.8, 4) is 0 Å². The molecule has 4 rings (SSSR count). The van der Waals surface area contributed by atoms with Gasteiger partial charge in [0.2, 0.25) is 0 Å². The van der Waals surface area contributed by atoms with E-state index in [0.29, 0.717) is 36.8 Å². The summed E-state index contributed by atoms with van der Waals surface area (Å²) in [6, 6.07) is 0.948. The predicted octanol–water partition coefficient (Wildman–Crippen LogP) is 4.70. The first-order valence-electron chi connectivity index (χ1n) is 12.1. The lowest BCUT2D eigenvalue weighted by Crippen LogP contribution is -2.43. The Morgan fingerprint density at radius 2 is 1.84 bits per heavy atom. The summed E-state index contributed by atoms with van der Waals surface area (Å²) in [4.78, 5) is 37.6. The number of nitrogens with one attached hydrogen (secondary N) is 1. The summed E-state index contributed by atoms with van der Waals surface area (Å²) in [5, 5.41) is 7.58. The zero-order valence-electron chi connectivity index (χ0n) is 18.8. The van der Waals surface area contributed by atoms with Crippen LogP contribution in [0, 0.1) is 0 Å². The third-order valence-corrected chi connectivity index (χ3v) is 7.88. The maximum Gasteiger partial charge on any atom is 0.426 e. The Balaban J connectivity index is 1.31. The maximum atomic E-state index is 13.3. The van der Waals surface area contributed by atoms with Crippen molar-refractivity contribution in [2.75, 3.05) is 13.1 Å². The molecule has 0 bridgehead atoms. The lowest BCUT2D eigenvalue weighted by molar-refractivity contribution is -0.114. The molecule has 1 aliphatic heterocycles. The minimum absolute atomic E-state index is 0.111. The van der Waals surface area contributed by atoms with E-state index < -0.39 is 0 Å². The minimum atomic E-state index is -0.377. The molecule has 31 heavy (non-hydrogen) atoms. The van der Waals surface area contributed by atoms with Crippen molar-refractivity contribution in [3.63, 3.8) is 0 Å². The summed E-state index contributed by atoms with van der Waals surface area (Å²) in [5.74, 6) is 0.465. The molecule has 1 saturated heterocycles. The van der Waals surface area contributed by atoms with Crippen molar-refractivity contribution in [3.05, 3.63) is 16.1 Å². The van der Waals surface area contributed by atoms with Gasteiger partial charge in [0, 0.05) is 42.5 Å². The van der Waals surface area contributed by atoms with Crippen LogP contribution in [-0.2, 0) is 4.84 Å². The number of amides is 2. The number of nitrogens with zero attached hydrogens (tertiary/aromatic N) is 3. The highest BCUT2D eigenvalue weighted by Gasteiger charge is 2.39. The molecule has 7 nitrogen and oxygen atoms in total. The van der Waals surface area contributed by atoms with Gasteiger partial charge in [-0.1, -0.05) is 26.2 Å². The summed E-state index contributed by atoms with van der Waals surface area (Å²) >= 11 is 1.61. The van der Waals surface area contributed by atoms with Gasteiger partial charge >= 0.3 is 6.09 Å². The lowest BCUT2D eigenvalue weighted by atomic mass is 9.94. The van der Waals surface area contributed by atoms with Crippen LogP contribution >= 0.6 is 11.3 Å². The van der Waals surface area contributed by atoms with Crippen LogP contribution in [0.15, 0.2) is 5.38 Å². The summed E-state index contributed by atoms with van der Waals surface area (Å²) in [7, 11) is 0. The van der Waals surface area contributed by atoms with Gasteiger partial charge in [-0.05, 0) is 51.9 Å². The second kappa shape index (κ2) is 10.3. The molecule has 2 saturated carbocycles. The molecule has 1 N–H and O–H groups in total. The van der Waals surface area contributed by atoms with Crippen LogP contribution in [0.5, 0.6) is 0 Å². The molecule has 1 unspecified atom stereocenters.